The van der Waals surface area contributed by atoms with Gasteiger partial charge in [-0.05, 0) is 44.0 Å². The van der Waals surface area contributed by atoms with Gasteiger partial charge in [0.2, 0.25) is 0 Å². The van der Waals surface area contributed by atoms with Crippen LogP contribution in [0.1, 0.15) is 29.7 Å². The van der Waals surface area contributed by atoms with Crippen LogP contribution in [0.2, 0.25) is 5.02 Å². The van der Waals surface area contributed by atoms with E-state index < -0.39 is 0 Å². The van der Waals surface area contributed by atoms with Crippen LogP contribution in [-0.4, -0.2) is 0 Å². The highest BCUT2D eigenvalue weighted by Gasteiger charge is 2.13. The third kappa shape index (κ3) is 3.07. The van der Waals surface area contributed by atoms with E-state index in [0.29, 0.717) is 10.7 Å². The molecule has 0 radical (unpaired) electrons. The summed E-state index contributed by atoms with van der Waals surface area (Å²) in [6.45, 7) is 6.12. The molecule has 0 aliphatic rings. The summed E-state index contributed by atoms with van der Waals surface area (Å²) in [7, 11) is 0. The molecule has 0 spiro atoms. The maximum absolute atomic E-state index is 13.7. The Morgan fingerprint density at radius 3 is 2.53 bits per heavy atom. The number of para-hydroxylation sites is 1. The number of benzene rings is 2. The smallest absolute Gasteiger partial charge is 0.147 e. The number of rotatable bonds is 3. The molecule has 100 valence electrons. The molecule has 0 fully saturated rings. The zero-order valence-corrected chi connectivity index (χ0v) is 12.1. The molecule has 0 bridgehead atoms. The van der Waals surface area contributed by atoms with Gasteiger partial charge in [0.15, 0.2) is 0 Å². The van der Waals surface area contributed by atoms with E-state index >= 15 is 0 Å². The number of aryl methyl sites for hydroxylation is 2. The zero-order chi connectivity index (χ0) is 14.0. The molecule has 1 N–H and O–H groups in total. The van der Waals surface area contributed by atoms with Crippen LogP contribution in [0.15, 0.2) is 36.4 Å². The Kier molecular flexibility index (Phi) is 4.11. The molecular weight excluding hydrogens is 261 g/mol. The topological polar surface area (TPSA) is 12.0 Å². The molecule has 19 heavy (non-hydrogen) atoms. The van der Waals surface area contributed by atoms with Gasteiger partial charge in [-0.2, -0.15) is 0 Å². The van der Waals surface area contributed by atoms with E-state index in [1.165, 1.54) is 17.2 Å². The fraction of sp³-hybridized carbons (Fsp3) is 0.250. The van der Waals surface area contributed by atoms with Crippen molar-refractivity contribution in [3.63, 3.8) is 0 Å². The third-order valence-electron chi connectivity index (χ3n) is 3.22. The Bertz CT molecular complexity index is 575. The number of hydrogen-bond donors (Lipinski definition) is 1. The molecule has 1 unspecified atom stereocenters. The maximum atomic E-state index is 13.7. The lowest BCUT2D eigenvalue weighted by Crippen LogP contribution is -2.10. The number of anilines is 1. The summed E-state index contributed by atoms with van der Waals surface area (Å²) < 4.78 is 13.7. The summed E-state index contributed by atoms with van der Waals surface area (Å²) in [5.74, 6) is -0.330. The predicted octanol–water partition coefficient (Wildman–Crippen LogP) is 5.27. The average molecular weight is 278 g/mol. The monoisotopic (exact) mass is 277 g/mol. The second-order valence-corrected chi connectivity index (χ2v) is 5.23. The molecule has 0 aliphatic carbocycles. The van der Waals surface area contributed by atoms with Crippen LogP contribution in [0.3, 0.4) is 0 Å². The van der Waals surface area contributed by atoms with Crippen molar-refractivity contribution in [3.05, 3.63) is 63.9 Å². The van der Waals surface area contributed by atoms with E-state index in [9.17, 15) is 4.39 Å². The normalized spacial score (nSPS) is 12.3. The summed E-state index contributed by atoms with van der Waals surface area (Å²) in [6.07, 6.45) is 0. The second-order valence-electron chi connectivity index (χ2n) is 4.82. The molecule has 0 saturated heterocycles. The van der Waals surface area contributed by atoms with Crippen molar-refractivity contribution in [1.82, 2.24) is 0 Å². The summed E-state index contributed by atoms with van der Waals surface area (Å²) in [5, 5.41) is 3.55. The summed E-state index contributed by atoms with van der Waals surface area (Å²) in [6, 6.07) is 10.9. The van der Waals surface area contributed by atoms with Gasteiger partial charge in [0.05, 0.1) is 10.7 Å². The Balaban J connectivity index is 2.28. The lowest BCUT2D eigenvalue weighted by Gasteiger charge is -2.19. The predicted molar refractivity (Wildman–Crippen MR) is 79.4 cm³/mol. The molecule has 1 nitrogen and oxygen atoms in total. The highest BCUT2D eigenvalue weighted by molar-refractivity contribution is 6.33. The minimum Gasteiger partial charge on any atom is -0.375 e. The first-order valence-corrected chi connectivity index (χ1v) is 6.64. The first-order valence-electron chi connectivity index (χ1n) is 6.26. The Morgan fingerprint density at radius 1 is 1.16 bits per heavy atom. The molecule has 0 saturated carbocycles. The molecule has 0 heterocycles. The second kappa shape index (κ2) is 5.62. The fourth-order valence-electron chi connectivity index (χ4n) is 2.24. The lowest BCUT2D eigenvalue weighted by atomic mass is 10.00. The SMILES string of the molecule is Cc1ccc(C(C)Nc2c(F)cccc2Cl)c(C)c1. The van der Waals surface area contributed by atoms with Crippen molar-refractivity contribution < 1.29 is 4.39 Å². The molecule has 0 aliphatic heterocycles. The maximum Gasteiger partial charge on any atom is 0.147 e. The first kappa shape index (κ1) is 13.9. The van der Waals surface area contributed by atoms with E-state index in [0.717, 1.165) is 5.56 Å². The van der Waals surface area contributed by atoms with E-state index in [-0.39, 0.29) is 11.9 Å². The van der Waals surface area contributed by atoms with Crippen molar-refractivity contribution in [2.24, 2.45) is 0 Å². The van der Waals surface area contributed by atoms with Crippen molar-refractivity contribution in [2.75, 3.05) is 5.32 Å². The van der Waals surface area contributed by atoms with Crippen LogP contribution in [0.4, 0.5) is 10.1 Å². The van der Waals surface area contributed by atoms with E-state index in [1.54, 1.807) is 12.1 Å². The molecule has 2 aromatic rings. The van der Waals surface area contributed by atoms with Crippen molar-refractivity contribution in [2.45, 2.75) is 26.8 Å². The highest BCUT2D eigenvalue weighted by Crippen LogP contribution is 2.29. The van der Waals surface area contributed by atoms with Crippen LogP contribution in [0, 0.1) is 19.7 Å². The average Bonchev–Trinajstić information content (AvgIpc) is 2.33. The molecule has 1 atom stereocenters. The molecule has 2 aromatic carbocycles. The largest absolute Gasteiger partial charge is 0.375 e. The summed E-state index contributed by atoms with van der Waals surface area (Å²) >= 11 is 6.02. The molecule has 0 aromatic heterocycles. The van der Waals surface area contributed by atoms with Crippen LogP contribution in [-0.2, 0) is 0 Å². The van der Waals surface area contributed by atoms with E-state index in [4.69, 9.17) is 11.6 Å². The van der Waals surface area contributed by atoms with Crippen molar-refractivity contribution in [1.29, 1.82) is 0 Å². The van der Waals surface area contributed by atoms with Gasteiger partial charge in [0, 0.05) is 6.04 Å². The third-order valence-corrected chi connectivity index (χ3v) is 3.53. The minimum atomic E-state index is -0.330. The fourth-order valence-corrected chi connectivity index (χ4v) is 2.46. The number of nitrogens with one attached hydrogen (secondary N) is 1. The van der Waals surface area contributed by atoms with Crippen LogP contribution < -0.4 is 5.32 Å². The highest BCUT2D eigenvalue weighted by atomic mass is 35.5. The van der Waals surface area contributed by atoms with E-state index in [1.807, 2.05) is 6.92 Å². The summed E-state index contributed by atoms with van der Waals surface area (Å²) in [4.78, 5) is 0. The van der Waals surface area contributed by atoms with Gasteiger partial charge >= 0.3 is 0 Å². The van der Waals surface area contributed by atoms with Gasteiger partial charge in [-0.25, -0.2) is 4.39 Å². The molecular formula is C16H17ClFN. The van der Waals surface area contributed by atoms with Crippen LogP contribution in [0.5, 0.6) is 0 Å². The summed E-state index contributed by atoms with van der Waals surface area (Å²) in [5.41, 5.74) is 3.91. The number of halogens is 2. The Labute approximate surface area is 118 Å². The lowest BCUT2D eigenvalue weighted by molar-refractivity contribution is 0.627. The van der Waals surface area contributed by atoms with Crippen LogP contribution in [0.25, 0.3) is 0 Å². The zero-order valence-electron chi connectivity index (χ0n) is 11.3. The van der Waals surface area contributed by atoms with Gasteiger partial charge in [-0.1, -0.05) is 41.4 Å². The van der Waals surface area contributed by atoms with Gasteiger partial charge in [-0.3, -0.25) is 0 Å². The number of hydrogen-bond acceptors (Lipinski definition) is 1. The van der Waals surface area contributed by atoms with Gasteiger partial charge in [-0.15, -0.1) is 0 Å². The van der Waals surface area contributed by atoms with Crippen LogP contribution >= 0.6 is 11.6 Å². The standard InChI is InChI=1S/C16H17ClFN/c1-10-7-8-13(11(2)9-10)12(3)19-16-14(17)5-4-6-15(16)18/h4-9,12,19H,1-3H3. The minimum absolute atomic E-state index is 0.00463. The quantitative estimate of drug-likeness (QED) is 0.806. The molecule has 2 rings (SSSR count). The van der Waals surface area contributed by atoms with Gasteiger partial charge in [0.25, 0.3) is 0 Å². The van der Waals surface area contributed by atoms with E-state index in [2.05, 4.69) is 37.4 Å². The first-order chi connectivity index (χ1) is 8.99. The van der Waals surface area contributed by atoms with Gasteiger partial charge < -0.3 is 5.32 Å². The van der Waals surface area contributed by atoms with Crippen molar-refractivity contribution >= 4 is 17.3 Å². The molecule has 0 amide bonds. The Hall–Kier alpha value is -1.54. The molecule has 3 heteroatoms. The van der Waals surface area contributed by atoms with Crippen molar-refractivity contribution in [3.8, 4) is 0 Å². The Morgan fingerprint density at radius 2 is 1.89 bits per heavy atom. The van der Waals surface area contributed by atoms with Gasteiger partial charge in [0.1, 0.15) is 5.82 Å².